The van der Waals surface area contributed by atoms with Crippen LogP contribution in [0.15, 0.2) is 130 Å². The lowest BCUT2D eigenvalue weighted by molar-refractivity contribution is -0.164. The second-order valence-electron chi connectivity index (χ2n) is 20.3. The van der Waals surface area contributed by atoms with Crippen LogP contribution in [-0.4, -0.2) is 119 Å². The van der Waals surface area contributed by atoms with E-state index in [0.29, 0.717) is 84.7 Å². The zero-order valence-electron chi connectivity index (χ0n) is 43.9. The Morgan fingerprint density at radius 2 is 1.52 bits per heavy atom. The quantitative estimate of drug-likeness (QED) is 0.0217. The summed E-state index contributed by atoms with van der Waals surface area (Å²) >= 11 is 7.98. The minimum absolute atomic E-state index is 0.00686. The number of esters is 1. The molecule has 0 spiro atoms. The number of rotatable bonds is 22. The summed E-state index contributed by atoms with van der Waals surface area (Å²) in [7, 11) is -12.4. The largest absolute Gasteiger partial charge is 0.465 e. The Balaban J connectivity index is 0.892. The van der Waals surface area contributed by atoms with Crippen LogP contribution in [0.1, 0.15) is 44.5 Å². The van der Waals surface area contributed by atoms with Gasteiger partial charge in [0.25, 0.3) is 10.0 Å². The summed E-state index contributed by atoms with van der Waals surface area (Å²) in [5.74, 6) is -0.122. The van der Waals surface area contributed by atoms with Gasteiger partial charge in [-0.15, -0.1) is 11.8 Å². The van der Waals surface area contributed by atoms with Crippen LogP contribution < -0.4 is 19.8 Å². The summed E-state index contributed by atoms with van der Waals surface area (Å²) in [6, 6.07) is 34.2. The van der Waals surface area contributed by atoms with E-state index in [2.05, 4.69) is 36.9 Å². The third kappa shape index (κ3) is 14.5. The number of likely N-dealkylation sites (tertiary alicyclic amines) is 1. The fourth-order valence-electron chi connectivity index (χ4n) is 10.2. The van der Waals surface area contributed by atoms with E-state index in [1.54, 1.807) is 61.2 Å². The van der Waals surface area contributed by atoms with Gasteiger partial charge in [0.05, 0.1) is 27.5 Å². The third-order valence-electron chi connectivity index (χ3n) is 13.8. The molecule has 2 aliphatic rings. The number of hydrogen-bond donors (Lipinski definition) is 4. The molecule has 1 aromatic heterocycles. The van der Waals surface area contributed by atoms with Gasteiger partial charge in [-0.05, 0) is 143 Å². The van der Waals surface area contributed by atoms with Gasteiger partial charge in [0.15, 0.2) is 9.84 Å². The first kappa shape index (κ1) is 58.2. The van der Waals surface area contributed by atoms with Gasteiger partial charge < -0.3 is 39.1 Å². The fraction of sp³-hybridized carbons (Fsp3) is 0.364. The lowest BCUT2D eigenvalue weighted by Crippen LogP contribution is -2.59. The summed E-state index contributed by atoms with van der Waals surface area (Å²) in [4.78, 5) is 38.9. The van der Waals surface area contributed by atoms with E-state index in [0.717, 1.165) is 39.6 Å². The average Bonchev–Trinajstić information content (AvgIpc) is 3.70. The number of carbonyl (C=O) groups is 1. The lowest BCUT2D eigenvalue weighted by atomic mass is 9.82. The smallest absolute Gasteiger partial charge is 0.341 e. The van der Waals surface area contributed by atoms with Crippen LogP contribution in [0.25, 0.3) is 22.4 Å². The molecule has 2 fully saturated rings. The second-order valence-corrected chi connectivity index (χ2v) is 30.1. The van der Waals surface area contributed by atoms with Crippen molar-refractivity contribution in [2.24, 2.45) is 5.41 Å². The molecular weight excluding hydrogens is 1100 g/mol. The Morgan fingerprint density at radius 1 is 0.870 bits per heavy atom. The molecule has 0 saturated carbocycles. The predicted octanol–water partition coefficient (Wildman–Crippen LogP) is 10.9. The molecule has 0 bridgehead atoms. The number of halogens is 2. The van der Waals surface area contributed by atoms with E-state index < -0.39 is 46.6 Å². The van der Waals surface area contributed by atoms with Crippen LogP contribution in [0.3, 0.4) is 0 Å². The van der Waals surface area contributed by atoms with E-state index in [1.807, 2.05) is 80.8 Å². The van der Waals surface area contributed by atoms with Gasteiger partial charge >= 0.3 is 13.3 Å². The number of piperazine rings is 1. The Hall–Kier alpha value is -4.94. The first-order valence-corrected chi connectivity index (χ1v) is 33.7. The zero-order valence-corrected chi connectivity index (χ0v) is 49.0. The normalized spacial score (nSPS) is 15.7. The molecule has 0 amide bonds. The zero-order chi connectivity index (χ0) is 55.5. The Kier molecular flexibility index (Phi) is 18.3. The summed E-state index contributed by atoms with van der Waals surface area (Å²) < 4.78 is 91.7. The SMILES string of the molecule is Cc1cc(S(=O)(=O)Nc2ccc(N3CCN(c4cc(F)cc(-c5c(S(C)(=O)=O)c(C)n(C(C)C)c5-c5ccc(Cl)cc5)c4)CC3)cc2)ccc1N[C@H](CCN1CC(C)(C(=O)OCCPP(=O)(O)O)C1)CSc1ccccc1. The molecule has 6 aromatic rings. The Morgan fingerprint density at radius 3 is 2.13 bits per heavy atom. The van der Waals surface area contributed by atoms with Gasteiger partial charge in [0, 0.05) is 128 Å². The van der Waals surface area contributed by atoms with Crippen molar-refractivity contribution in [3.8, 4) is 22.4 Å². The van der Waals surface area contributed by atoms with E-state index >= 15 is 4.39 Å². The van der Waals surface area contributed by atoms with E-state index in [1.165, 1.54) is 18.4 Å². The highest BCUT2D eigenvalue weighted by atomic mass is 35.5. The minimum atomic E-state index is -4.12. The van der Waals surface area contributed by atoms with Gasteiger partial charge in [-0.2, -0.15) is 0 Å². The maximum absolute atomic E-state index is 15.8. The van der Waals surface area contributed by atoms with E-state index in [4.69, 9.17) is 26.1 Å². The minimum Gasteiger partial charge on any atom is -0.465 e. The van der Waals surface area contributed by atoms with Crippen molar-refractivity contribution in [2.45, 2.75) is 67.8 Å². The van der Waals surface area contributed by atoms with Crippen LogP contribution in [0.2, 0.25) is 5.02 Å². The molecular formula is C55H66ClFN6O9P2S3. The average molecular weight is 1170 g/mol. The molecule has 412 valence electrons. The summed E-state index contributed by atoms with van der Waals surface area (Å²) in [5.41, 5.74) is 5.71. The first-order chi connectivity index (χ1) is 36.4. The van der Waals surface area contributed by atoms with Crippen LogP contribution >= 0.6 is 38.9 Å². The molecule has 22 heteroatoms. The molecule has 2 saturated heterocycles. The van der Waals surface area contributed by atoms with Gasteiger partial charge in [0.1, 0.15) is 5.82 Å². The van der Waals surface area contributed by atoms with Crippen molar-refractivity contribution >= 4 is 87.5 Å². The fourth-order valence-corrected chi connectivity index (χ4v) is 15.3. The van der Waals surface area contributed by atoms with Crippen molar-refractivity contribution < 1.29 is 45.1 Å². The van der Waals surface area contributed by atoms with Crippen molar-refractivity contribution in [2.75, 3.05) is 90.4 Å². The highest BCUT2D eigenvalue weighted by Gasteiger charge is 2.46. The molecule has 1 unspecified atom stereocenters. The molecule has 15 nitrogen and oxygen atoms in total. The Labute approximate surface area is 462 Å². The highest BCUT2D eigenvalue weighted by Crippen LogP contribution is 2.55. The van der Waals surface area contributed by atoms with Gasteiger partial charge in [-0.25, -0.2) is 21.2 Å². The van der Waals surface area contributed by atoms with Gasteiger partial charge in [0.2, 0.25) is 0 Å². The number of aryl methyl sites for hydroxylation is 1. The van der Waals surface area contributed by atoms with Crippen molar-refractivity contribution in [3.63, 3.8) is 0 Å². The highest BCUT2D eigenvalue weighted by molar-refractivity contribution is 8.19. The monoisotopic (exact) mass is 1170 g/mol. The summed E-state index contributed by atoms with van der Waals surface area (Å²) in [6.45, 7) is 13.5. The number of nitrogens with zero attached hydrogens (tertiary/aromatic N) is 4. The maximum atomic E-state index is 15.8. The topological polar surface area (TPSA) is 191 Å². The molecule has 2 atom stereocenters. The number of carbonyl (C=O) groups excluding carboxylic acids is 1. The number of nitrogens with one attached hydrogen (secondary N) is 2. The standard InChI is InChI=1S/C55H66ClFN6O9P2S3/c1-37(2)63-39(4)53(76(6,68)69)51(52(63)40-12-14-42(56)15-13-40)41-31-43(57)33-47(32-41)62-26-24-61(25-27-62)46-18-16-44(17-19-46)59-77(70,71)49-20-21-50(38(3)30-49)58-45(34-75-48-10-8-7-9-11-48)22-23-60-35-55(5,36-60)54(64)72-28-29-73-74(65,66)67/h7-21,30-33,37,45,58-59,73H,22-29,34-36H2,1-6H3,(H2,65,66,67)/t45-/m1/s1. The van der Waals surface area contributed by atoms with Crippen LogP contribution in [0.4, 0.5) is 27.1 Å². The number of sulfone groups is 1. The number of hydrogen-bond acceptors (Lipinski definition) is 12. The predicted molar refractivity (Wildman–Crippen MR) is 311 cm³/mol. The van der Waals surface area contributed by atoms with Gasteiger partial charge in [-0.3, -0.25) is 14.1 Å². The van der Waals surface area contributed by atoms with Crippen molar-refractivity contribution in [1.29, 1.82) is 0 Å². The maximum Gasteiger partial charge on any atom is 0.341 e. The van der Waals surface area contributed by atoms with E-state index in [-0.39, 0.29) is 40.6 Å². The number of anilines is 4. The Bertz CT molecular complexity index is 3350. The molecule has 4 N–H and O–H groups in total. The molecule has 0 radical (unpaired) electrons. The second kappa shape index (κ2) is 24.2. The summed E-state index contributed by atoms with van der Waals surface area (Å²) in [5, 5.41) is 4.20. The number of thioether (sulfide) groups is 1. The van der Waals surface area contributed by atoms with Crippen LogP contribution in [0.5, 0.6) is 0 Å². The third-order valence-corrected chi connectivity index (χ3v) is 20.6. The molecule has 3 heterocycles. The molecule has 5 aromatic carbocycles. The van der Waals surface area contributed by atoms with E-state index in [9.17, 15) is 26.2 Å². The number of sulfonamides is 1. The first-order valence-electron chi connectivity index (χ1n) is 25.3. The number of benzene rings is 5. The van der Waals surface area contributed by atoms with Crippen LogP contribution in [-0.2, 0) is 34.0 Å². The molecule has 0 aliphatic carbocycles. The molecule has 77 heavy (non-hydrogen) atoms. The molecule has 8 rings (SSSR count). The van der Waals surface area contributed by atoms with Gasteiger partial charge in [-0.1, -0.05) is 41.9 Å². The lowest BCUT2D eigenvalue weighted by Gasteiger charge is -2.46. The molecule has 2 aliphatic heterocycles. The van der Waals surface area contributed by atoms with Crippen molar-refractivity contribution in [3.05, 3.63) is 137 Å². The number of aromatic nitrogens is 1. The van der Waals surface area contributed by atoms with Crippen LogP contribution in [0, 0.1) is 25.1 Å². The van der Waals surface area contributed by atoms with Crippen molar-refractivity contribution in [1.82, 2.24) is 9.47 Å². The number of ether oxygens (including phenoxy) is 1. The summed E-state index contributed by atoms with van der Waals surface area (Å²) in [6.07, 6.45) is 2.05.